The smallest absolute Gasteiger partial charge is 0.337 e. The molecule has 0 spiro atoms. The molecule has 0 aliphatic rings. The van der Waals surface area contributed by atoms with Gasteiger partial charge in [-0.3, -0.25) is 0 Å². The van der Waals surface area contributed by atoms with E-state index in [4.69, 9.17) is 9.47 Å². The van der Waals surface area contributed by atoms with Crippen LogP contribution < -0.4 is 4.74 Å². The van der Waals surface area contributed by atoms with Crippen molar-refractivity contribution in [2.75, 3.05) is 7.11 Å². The molecule has 3 aromatic carbocycles. The first-order valence-electron chi connectivity index (χ1n) is 9.28. The Morgan fingerprint density at radius 3 is 2.31 bits per heavy atom. The molecular formula is C25H20O3S. The number of thiophene rings is 1. The van der Waals surface area contributed by atoms with Crippen LogP contribution in [-0.2, 0) is 11.3 Å². The second-order valence-corrected chi connectivity index (χ2v) is 7.42. The van der Waals surface area contributed by atoms with Gasteiger partial charge in [-0.2, -0.15) is 0 Å². The van der Waals surface area contributed by atoms with E-state index in [0.717, 1.165) is 32.9 Å². The average Bonchev–Trinajstić information content (AvgIpc) is 3.28. The third kappa shape index (κ3) is 4.23. The van der Waals surface area contributed by atoms with Crippen molar-refractivity contribution < 1.29 is 14.3 Å². The summed E-state index contributed by atoms with van der Waals surface area (Å²) in [6.07, 6.45) is 0. The van der Waals surface area contributed by atoms with E-state index in [1.807, 2.05) is 48.5 Å². The maximum atomic E-state index is 11.7. The van der Waals surface area contributed by atoms with Crippen molar-refractivity contribution in [2.24, 2.45) is 0 Å². The van der Waals surface area contributed by atoms with E-state index in [-0.39, 0.29) is 5.97 Å². The van der Waals surface area contributed by atoms with Crippen LogP contribution in [0.5, 0.6) is 5.75 Å². The van der Waals surface area contributed by atoms with Crippen LogP contribution in [0.2, 0.25) is 0 Å². The van der Waals surface area contributed by atoms with E-state index < -0.39 is 0 Å². The third-order valence-electron chi connectivity index (χ3n) is 4.65. The lowest BCUT2D eigenvalue weighted by atomic mass is 10.0. The van der Waals surface area contributed by atoms with Crippen LogP contribution in [-0.4, -0.2) is 13.1 Å². The molecule has 29 heavy (non-hydrogen) atoms. The molecule has 0 radical (unpaired) electrons. The van der Waals surface area contributed by atoms with Gasteiger partial charge in [-0.1, -0.05) is 60.7 Å². The molecule has 0 saturated carbocycles. The molecule has 0 amide bonds. The predicted molar refractivity (Wildman–Crippen MR) is 117 cm³/mol. The SMILES string of the molecule is COC(=O)c1ccc(-c2sccc2-c2ccccc2OCc2ccccc2)cc1. The summed E-state index contributed by atoms with van der Waals surface area (Å²) < 4.78 is 10.9. The quantitative estimate of drug-likeness (QED) is 0.349. The lowest BCUT2D eigenvalue weighted by Gasteiger charge is -2.13. The maximum absolute atomic E-state index is 11.7. The minimum atomic E-state index is -0.331. The Labute approximate surface area is 174 Å². The summed E-state index contributed by atoms with van der Waals surface area (Å²) in [4.78, 5) is 12.8. The van der Waals surface area contributed by atoms with E-state index >= 15 is 0 Å². The van der Waals surface area contributed by atoms with Crippen molar-refractivity contribution in [1.82, 2.24) is 0 Å². The minimum Gasteiger partial charge on any atom is -0.488 e. The fourth-order valence-electron chi connectivity index (χ4n) is 3.17. The molecule has 0 aliphatic carbocycles. The summed E-state index contributed by atoms with van der Waals surface area (Å²) in [5.74, 6) is 0.518. The summed E-state index contributed by atoms with van der Waals surface area (Å²) in [5, 5.41) is 2.08. The van der Waals surface area contributed by atoms with E-state index in [2.05, 4.69) is 29.6 Å². The molecule has 0 N–H and O–H groups in total. The van der Waals surface area contributed by atoms with Gasteiger partial charge in [0.2, 0.25) is 0 Å². The Morgan fingerprint density at radius 1 is 0.828 bits per heavy atom. The van der Waals surface area contributed by atoms with Gasteiger partial charge in [0.15, 0.2) is 0 Å². The van der Waals surface area contributed by atoms with Crippen molar-refractivity contribution in [3.05, 3.63) is 101 Å². The van der Waals surface area contributed by atoms with E-state index in [1.54, 1.807) is 23.5 Å². The van der Waals surface area contributed by atoms with Gasteiger partial charge in [-0.05, 0) is 40.8 Å². The number of para-hydroxylation sites is 1. The number of benzene rings is 3. The zero-order chi connectivity index (χ0) is 20.1. The molecule has 4 aromatic rings. The second kappa shape index (κ2) is 8.76. The van der Waals surface area contributed by atoms with Crippen molar-refractivity contribution in [3.63, 3.8) is 0 Å². The Balaban J connectivity index is 1.64. The van der Waals surface area contributed by atoms with Crippen molar-refractivity contribution in [3.8, 4) is 27.3 Å². The number of ether oxygens (including phenoxy) is 2. The highest BCUT2D eigenvalue weighted by atomic mass is 32.1. The van der Waals surface area contributed by atoms with Crippen LogP contribution in [0.3, 0.4) is 0 Å². The van der Waals surface area contributed by atoms with Gasteiger partial charge < -0.3 is 9.47 Å². The molecule has 144 valence electrons. The normalized spacial score (nSPS) is 10.5. The molecule has 4 rings (SSSR count). The van der Waals surface area contributed by atoms with Gasteiger partial charge in [-0.15, -0.1) is 11.3 Å². The number of hydrogen-bond donors (Lipinski definition) is 0. The Bertz CT molecular complexity index is 1100. The first-order chi connectivity index (χ1) is 14.3. The Morgan fingerprint density at radius 2 is 1.55 bits per heavy atom. The monoisotopic (exact) mass is 400 g/mol. The lowest BCUT2D eigenvalue weighted by Crippen LogP contribution is -2.00. The van der Waals surface area contributed by atoms with Crippen LogP contribution in [0.1, 0.15) is 15.9 Å². The average molecular weight is 400 g/mol. The van der Waals surface area contributed by atoms with Crippen LogP contribution in [0, 0.1) is 0 Å². The number of esters is 1. The van der Waals surface area contributed by atoms with E-state index in [1.165, 1.54) is 7.11 Å². The predicted octanol–water partition coefficient (Wildman–Crippen LogP) is 6.45. The number of methoxy groups -OCH3 is 1. The van der Waals surface area contributed by atoms with Gasteiger partial charge in [0.05, 0.1) is 12.7 Å². The zero-order valence-corrected chi connectivity index (χ0v) is 16.8. The lowest BCUT2D eigenvalue weighted by molar-refractivity contribution is 0.0601. The van der Waals surface area contributed by atoms with Gasteiger partial charge in [0, 0.05) is 16.0 Å². The molecule has 0 bridgehead atoms. The highest BCUT2D eigenvalue weighted by molar-refractivity contribution is 7.14. The molecule has 1 aromatic heterocycles. The van der Waals surface area contributed by atoms with Crippen LogP contribution >= 0.6 is 11.3 Å². The van der Waals surface area contributed by atoms with Crippen molar-refractivity contribution >= 4 is 17.3 Å². The number of hydrogen-bond acceptors (Lipinski definition) is 4. The number of carbonyl (C=O) groups is 1. The molecule has 0 fully saturated rings. The molecule has 0 atom stereocenters. The first kappa shape index (κ1) is 19.0. The summed E-state index contributed by atoms with van der Waals surface area (Å²) in [5.41, 5.74) is 4.90. The van der Waals surface area contributed by atoms with Gasteiger partial charge >= 0.3 is 5.97 Å². The third-order valence-corrected chi connectivity index (χ3v) is 5.61. The second-order valence-electron chi connectivity index (χ2n) is 6.50. The summed E-state index contributed by atoms with van der Waals surface area (Å²) in [7, 11) is 1.39. The molecule has 4 heteroatoms. The zero-order valence-electron chi connectivity index (χ0n) is 16.0. The van der Waals surface area contributed by atoms with Crippen molar-refractivity contribution in [2.45, 2.75) is 6.61 Å². The van der Waals surface area contributed by atoms with Gasteiger partial charge in [0.25, 0.3) is 0 Å². The van der Waals surface area contributed by atoms with Crippen molar-refractivity contribution in [1.29, 1.82) is 0 Å². The molecule has 0 unspecified atom stereocenters. The molecule has 0 aliphatic heterocycles. The topological polar surface area (TPSA) is 35.5 Å². The first-order valence-corrected chi connectivity index (χ1v) is 10.2. The largest absolute Gasteiger partial charge is 0.488 e. The van der Waals surface area contributed by atoms with Crippen LogP contribution in [0.4, 0.5) is 0 Å². The van der Waals surface area contributed by atoms with E-state index in [9.17, 15) is 4.79 Å². The summed E-state index contributed by atoms with van der Waals surface area (Å²) >= 11 is 1.67. The Hall–Kier alpha value is -3.37. The number of carbonyl (C=O) groups excluding carboxylic acids is 1. The van der Waals surface area contributed by atoms with Gasteiger partial charge in [0.1, 0.15) is 12.4 Å². The maximum Gasteiger partial charge on any atom is 0.337 e. The highest BCUT2D eigenvalue weighted by Gasteiger charge is 2.14. The van der Waals surface area contributed by atoms with Crippen LogP contribution in [0.25, 0.3) is 21.6 Å². The standard InChI is InChI=1S/C25H20O3S/c1-27-25(26)20-13-11-19(12-14-20)24-22(15-16-29-24)21-9-5-6-10-23(21)28-17-18-7-3-2-4-8-18/h2-16H,17H2,1H3. The molecular weight excluding hydrogens is 380 g/mol. The summed E-state index contributed by atoms with van der Waals surface area (Å²) in [6, 6.07) is 27.8. The van der Waals surface area contributed by atoms with Gasteiger partial charge in [-0.25, -0.2) is 4.79 Å². The minimum absolute atomic E-state index is 0.331. The fourth-order valence-corrected chi connectivity index (χ4v) is 4.09. The molecule has 0 saturated heterocycles. The summed E-state index contributed by atoms with van der Waals surface area (Å²) in [6.45, 7) is 0.519. The fraction of sp³-hybridized carbons (Fsp3) is 0.0800. The molecule has 1 heterocycles. The Kier molecular flexibility index (Phi) is 5.73. The highest BCUT2D eigenvalue weighted by Crippen LogP contribution is 2.41. The number of rotatable bonds is 6. The van der Waals surface area contributed by atoms with Crippen LogP contribution in [0.15, 0.2) is 90.3 Å². The molecule has 3 nitrogen and oxygen atoms in total. The van der Waals surface area contributed by atoms with E-state index in [0.29, 0.717) is 12.2 Å².